The number of oxazole rings is 1. The summed E-state index contributed by atoms with van der Waals surface area (Å²) in [5, 5.41) is 0. The maximum absolute atomic E-state index is 5.78. The van der Waals surface area contributed by atoms with E-state index in [9.17, 15) is 0 Å². The largest absolute Gasteiger partial charge is 0.445 e. The van der Waals surface area contributed by atoms with Crippen LogP contribution >= 0.6 is 11.8 Å². The summed E-state index contributed by atoms with van der Waals surface area (Å²) in [6, 6.07) is 0. The van der Waals surface area contributed by atoms with Gasteiger partial charge in [-0.1, -0.05) is 6.92 Å². The van der Waals surface area contributed by atoms with Crippen molar-refractivity contribution in [3.8, 4) is 0 Å². The molecule has 1 aromatic heterocycles. The molecule has 2 N–H and O–H groups in total. The van der Waals surface area contributed by atoms with Crippen LogP contribution in [-0.2, 0) is 0 Å². The van der Waals surface area contributed by atoms with Gasteiger partial charge in [0.05, 0.1) is 6.20 Å². The van der Waals surface area contributed by atoms with Crippen molar-refractivity contribution in [3.05, 3.63) is 17.8 Å². The van der Waals surface area contributed by atoms with E-state index in [-0.39, 0.29) is 5.92 Å². The van der Waals surface area contributed by atoms with Crippen LogP contribution in [0.3, 0.4) is 0 Å². The molecule has 1 aliphatic heterocycles. The van der Waals surface area contributed by atoms with Gasteiger partial charge in [-0.25, -0.2) is 4.98 Å². The Morgan fingerprint density at radius 1 is 1.60 bits per heavy atom. The molecular formula is C11H18N2OS. The van der Waals surface area contributed by atoms with Crippen LogP contribution in [0.25, 0.3) is 0 Å². The van der Waals surface area contributed by atoms with E-state index in [0.717, 1.165) is 11.7 Å². The van der Waals surface area contributed by atoms with Gasteiger partial charge in [0.25, 0.3) is 0 Å². The van der Waals surface area contributed by atoms with Gasteiger partial charge in [0.2, 0.25) is 0 Å². The molecule has 0 bridgehead atoms. The van der Waals surface area contributed by atoms with Gasteiger partial charge in [0.15, 0.2) is 5.89 Å². The zero-order valence-electron chi connectivity index (χ0n) is 9.11. The van der Waals surface area contributed by atoms with Crippen LogP contribution in [0.15, 0.2) is 10.6 Å². The Kier molecular flexibility index (Phi) is 3.70. The van der Waals surface area contributed by atoms with Crippen LogP contribution in [0.2, 0.25) is 0 Å². The molecule has 0 aromatic carbocycles. The summed E-state index contributed by atoms with van der Waals surface area (Å²) in [4.78, 5) is 4.38. The molecule has 3 nitrogen and oxygen atoms in total. The van der Waals surface area contributed by atoms with Crippen molar-refractivity contribution < 1.29 is 4.42 Å². The van der Waals surface area contributed by atoms with E-state index >= 15 is 0 Å². The van der Waals surface area contributed by atoms with Gasteiger partial charge in [-0.3, -0.25) is 0 Å². The summed E-state index contributed by atoms with van der Waals surface area (Å²) < 4.78 is 5.78. The summed E-state index contributed by atoms with van der Waals surface area (Å²) in [5.74, 6) is 5.13. The molecular weight excluding hydrogens is 208 g/mol. The molecule has 84 valence electrons. The molecule has 15 heavy (non-hydrogen) atoms. The molecule has 0 radical (unpaired) electrons. The minimum atomic E-state index is 0.282. The van der Waals surface area contributed by atoms with Crippen molar-refractivity contribution in [2.45, 2.75) is 31.6 Å². The highest BCUT2D eigenvalue weighted by Crippen LogP contribution is 2.31. The second kappa shape index (κ2) is 5.03. The summed E-state index contributed by atoms with van der Waals surface area (Å²) in [6.45, 7) is 2.69. The topological polar surface area (TPSA) is 52.0 Å². The number of rotatable bonds is 3. The number of hydrogen-bond donors (Lipinski definition) is 1. The monoisotopic (exact) mass is 226 g/mol. The van der Waals surface area contributed by atoms with Gasteiger partial charge in [0, 0.05) is 18.4 Å². The van der Waals surface area contributed by atoms with Gasteiger partial charge in [-0.15, -0.1) is 0 Å². The van der Waals surface area contributed by atoms with Crippen LogP contribution in [-0.4, -0.2) is 23.0 Å². The molecule has 1 fully saturated rings. The first-order chi connectivity index (χ1) is 7.31. The van der Waals surface area contributed by atoms with Gasteiger partial charge in [-0.05, 0) is 24.3 Å². The summed E-state index contributed by atoms with van der Waals surface area (Å²) in [6.07, 6.45) is 4.23. The van der Waals surface area contributed by atoms with Crippen molar-refractivity contribution in [3.63, 3.8) is 0 Å². The summed E-state index contributed by atoms with van der Waals surface area (Å²) >= 11 is 2.02. The van der Waals surface area contributed by atoms with E-state index in [2.05, 4.69) is 11.9 Å². The van der Waals surface area contributed by atoms with Crippen LogP contribution < -0.4 is 5.73 Å². The molecule has 0 amide bonds. The molecule has 1 saturated heterocycles. The predicted octanol–water partition coefficient (Wildman–Crippen LogP) is 2.35. The minimum absolute atomic E-state index is 0.282. The standard InChI is InChI=1S/C11H18N2OS/c1-8(6-12)10-7-13-11(14-10)9-2-4-15-5-3-9/h7-9H,2-6,12H2,1H3. The normalized spacial score (nSPS) is 20.4. The Hall–Kier alpha value is -0.480. The zero-order chi connectivity index (χ0) is 10.7. The van der Waals surface area contributed by atoms with Gasteiger partial charge in [0.1, 0.15) is 5.76 Å². The van der Waals surface area contributed by atoms with Crippen LogP contribution in [0.5, 0.6) is 0 Å². The third kappa shape index (κ3) is 2.55. The second-order valence-electron chi connectivity index (χ2n) is 4.12. The van der Waals surface area contributed by atoms with Gasteiger partial charge in [-0.2, -0.15) is 11.8 Å². The number of nitrogens with zero attached hydrogens (tertiary/aromatic N) is 1. The molecule has 1 aromatic rings. The highest BCUT2D eigenvalue weighted by molar-refractivity contribution is 7.99. The maximum Gasteiger partial charge on any atom is 0.197 e. The maximum atomic E-state index is 5.78. The molecule has 1 atom stereocenters. The van der Waals surface area contributed by atoms with Gasteiger partial charge < -0.3 is 10.2 Å². The van der Waals surface area contributed by atoms with E-state index in [1.54, 1.807) is 0 Å². The fraction of sp³-hybridized carbons (Fsp3) is 0.727. The lowest BCUT2D eigenvalue weighted by Gasteiger charge is -2.17. The SMILES string of the molecule is CC(CN)c1cnc(C2CCSCC2)o1. The summed E-state index contributed by atoms with van der Waals surface area (Å²) in [5.41, 5.74) is 5.60. The number of nitrogens with two attached hydrogens (primary N) is 1. The zero-order valence-corrected chi connectivity index (χ0v) is 9.93. The second-order valence-corrected chi connectivity index (χ2v) is 5.35. The lowest BCUT2D eigenvalue weighted by atomic mass is 10.0. The number of aromatic nitrogens is 1. The lowest BCUT2D eigenvalue weighted by Crippen LogP contribution is -2.09. The lowest BCUT2D eigenvalue weighted by molar-refractivity contribution is 0.392. The summed E-state index contributed by atoms with van der Waals surface area (Å²) in [7, 11) is 0. The average molecular weight is 226 g/mol. The molecule has 2 heterocycles. The molecule has 0 saturated carbocycles. The van der Waals surface area contributed by atoms with Crippen LogP contribution in [0.4, 0.5) is 0 Å². The molecule has 4 heteroatoms. The first kappa shape index (κ1) is 11.0. The van der Waals surface area contributed by atoms with Crippen LogP contribution in [0.1, 0.15) is 43.3 Å². The first-order valence-electron chi connectivity index (χ1n) is 5.54. The highest BCUT2D eigenvalue weighted by Gasteiger charge is 2.21. The molecule has 1 aliphatic rings. The fourth-order valence-corrected chi connectivity index (χ4v) is 2.88. The van der Waals surface area contributed by atoms with Crippen molar-refractivity contribution >= 4 is 11.8 Å². The van der Waals surface area contributed by atoms with Crippen molar-refractivity contribution in [2.24, 2.45) is 5.73 Å². The predicted molar refractivity (Wildman–Crippen MR) is 63.3 cm³/mol. The van der Waals surface area contributed by atoms with Crippen molar-refractivity contribution in [1.29, 1.82) is 0 Å². The van der Waals surface area contributed by atoms with Crippen LogP contribution in [0, 0.1) is 0 Å². The third-order valence-electron chi connectivity index (χ3n) is 2.95. The quantitative estimate of drug-likeness (QED) is 0.859. The Balaban J connectivity index is 2.05. The van der Waals surface area contributed by atoms with E-state index < -0.39 is 0 Å². The molecule has 2 rings (SSSR count). The molecule has 0 spiro atoms. The Morgan fingerprint density at radius 3 is 3.00 bits per heavy atom. The Labute approximate surface area is 94.8 Å². The Morgan fingerprint density at radius 2 is 2.33 bits per heavy atom. The van der Waals surface area contributed by atoms with Crippen molar-refractivity contribution in [1.82, 2.24) is 4.98 Å². The fourth-order valence-electron chi connectivity index (χ4n) is 1.78. The van der Waals surface area contributed by atoms with E-state index in [0.29, 0.717) is 12.5 Å². The third-order valence-corrected chi connectivity index (χ3v) is 4.00. The smallest absolute Gasteiger partial charge is 0.197 e. The number of hydrogen-bond acceptors (Lipinski definition) is 4. The Bertz CT molecular complexity index is 307. The first-order valence-corrected chi connectivity index (χ1v) is 6.70. The minimum Gasteiger partial charge on any atom is -0.445 e. The molecule has 0 aliphatic carbocycles. The van der Waals surface area contributed by atoms with E-state index in [1.807, 2.05) is 18.0 Å². The molecule has 1 unspecified atom stereocenters. The highest BCUT2D eigenvalue weighted by atomic mass is 32.2. The van der Waals surface area contributed by atoms with E-state index in [4.69, 9.17) is 10.2 Å². The van der Waals surface area contributed by atoms with Gasteiger partial charge >= 0.3 is 0 Å². The average Bonchev–Trinajstić information content (AvgIpc) is 2.78. The number of thioether (sulfide) groups is 1. The van der Waals surface area contributed by atoms with E-state index in [1.165, 1.54) is 24.3 Å². The van der Waals surface area contributed by atoms with Crippen molar-refractivity contribution in [2.75, 3.05) is 18.1 Å².